The second kappa shape index (κ2) is 3.90. The zero-order valence-electron chi connectivity index (χ0n) is 8.29. The van der Waals surface area contributed by atoms with E-state index in [0.717, 1.165) is 12.0 Å². The fourth-order valence-electron chi connectivity index (χ4n) is 0.625. The monoisotopic (exact) mass is 221 g/mol. The Kier molecular flexibility index (Phi) is 4.06. The lowest BCUT2D eigenvalue weighted by atomic mass is 9.69. The number of nitrogens with one attached hydrogen (secondary N) is 1. The van der Waals surface area contributed by atoms with Crippen LogP contribution >= 0.6 is 15.9 Å². The molecule has 0 atom stereocenters. The average molecular weight is 222 g/mol. The SMILES string of the molecule is CC(C)(C)C(C)(C)CNCBr. The maximum atomic E-state index is 3.36. The van der Waals surface area contributed by atoms with Crippen molar-refractivity contribution in [2.75, 3.05) is 12.0 Å². The zero-order chi connectivity index (χ0) is 9.12. The van der Waals surface area contributed by atoms with Crippen molar-refractivity contribution in [1.82, 2.24) is 5.32 Å². The molecular formula is C9H20BrN. The summed E-state index contributed by atoms with van der Waals surface area (Å²) >= 11 is 3.36. The van der Waals surface area contributed by atoms with Crippen LogP contribution in [0.15, 0.2) is 0 Å². The van der Waals surface area contributed by atoms with E-state index in [1.807, 2.05) is 0 Å². The highest BCUT2D eigenvalue weighted by atomic mass is 79.9. The van der Waals surface area contributed by atoms with Crippen LogP contribution in [0.3, 0.4) is 0 Å². The molecule has 0 fully saturated rings. The van der Waals surface area contributed by atoms with E-state index in [1.165, 1.54) is 0 Å². The molecule has 0 bridgehead atoms. The Labute approximate surface area is 79.1 Å². The minimum atomic E-state index is 0.348. The zero-order valence-corrected chi connectivity index (χ0v) is 9.88. The van der Waals surface area contributed by atoms with Crippen molar-refractivity contribution in [2.24, 2.45) is 10.8 Å². The molecule has 1 N–H and O–H groups in total. The highest BCUT2D eigenvalue weighted by molar-refractivity contribution is 9.09. The fraction of sp³-hybridized carbons (Fsp3) is 1.00. The Morgan fingerprint density at radius 1 is 1.09 bits per heavy atom. The normalized spacial score (nSPS) is 13.6. The van der Waals surface area contributed by atoms with Crippen LogP contribution in [-0.2, 0) is 0 Å². The molecule has 0 aromatic rings. The number of halogens is 1. The van der Waals surface area contributed by atoms with Crippen LogP contribution in [0.5, 0.6) is 0 Å². The van der Waals surface area contributed by atoms with Gasteiger partial charge in [-0.05, 0) is 10.8 Å². The number of hydrogen-bond donors (Lipinski definition) is 1. The van der Waals surface area contributed by atoms with Crippen LogP contribution in [0.4, 0.5) is 0 Å². The number of alkyl halides is 1. The number of hydrogen-bond acceptors (Lipinski definition) is 1. The van der Waals surface area contributed by atoms with E-state index in [-0.39, 0.29) is 0 Å². The van der Waals surface area contributed by atoms with E-state index < -0.39 is 0 Å². The summed E-state index contributed by atoms with van der Waals surface area (Å²) < 4.78 is 0. The third-order valence-electron chi connectivity index (χ3n) is 2.69. The quantitative estimate of drug-likeness (QED) is 0.571. The molecule has 0 aliphatic carbocycles. The first-order chi connectivity index (χ1) is 4.81. The van der Waals surface area contributed by atoms with Gasteiger partial charge in [-0.1, -0.05) is 50.5 Å². The minimum absolute atomic E-state index is 0.348. The lowest BCUT2D eigenvalue weighted by Crippen LogP contribution is -2.39. The summed E-state index contributed by atoms with van der Waals surface area (Å²) in [5, 5.41) is 3.31. The second-order valence-electron chi connectivity index (χ2n) is 4.69. The highest BCUT2D eigenvalue weighted by Gasteiger charge is 2.31. The molecule has 0 aliphatic rings. The van der Waals surface area contributed by atoms with Crippen molar-refractivity contribution < 1.29 is 0 Å². The number of rotatable bonds is 3. The van der Waals surface area contributed by atoms with E-state index >= 15 is 0 Å². The molecule has 0 amide bonds. The molecule has 1 nitrogen and oxygen atoms in total. The molecule has 0 aromatic heterocycles. The molecule has 0 aliphatic heterocycles. The van der Waals surface area contributed by atoms with Crippen molar-refractivity contribution in [1.29, 1.82) is 0 Å². The predicted octanol–water partition coefficient (Wildman–Crippen LogP) is 3.00. The van der Waals surface area contributed by atoms with Crippen molar-refractivity contribution in [2.45, 2.75) is 34.6 Å². The van der Waals surface area contributed by atoms with Crippen LogP contribution in [-0.4, -0.2) is 12.0 Å². The third-order valence-corrected chi connectivity index (χ3v) is 3.09. The molecule has 68 valence electrons. The highest BCUT2D eigenvalue weighted by Crippen LogP contribution is 2.36. The van der Waals surface area contributed by atoms with Crippen molar-refractivity contribution in [3.63, 3.8) is 0 Å². The summed E-state index contributed by atoms with van der Waals surface area (Å²) in [5.74, 6) is 0. The maximum Gasteiger partial charge on any atom is 0.0517 e. The van der Waals surface area contributed by atoms with Gasteiger partial charge >= 0.3 is 0 Å². The van der Waals surface area contributed by atoms with E-state index in [2.05, 4.69) is 55.9 Å². The molecule has 0 unspecified atom stereocenters. The molecule has 0 saturated heterocycles. The molecule has 0 radical (unpaired) electrons. The lowest BCUT2D eigenvalue weighted by Gasteiger charge is -2.38. The van der Waals surface area contributed by atoms with Gasteiger partial charge in [-0.2, -0.15) is 0 Å². The molecule has 11 heavy (non-hydrogen) atoms. The molecule has 0 saturated carbocycles. The van der Waals surface area contributed by atoms with E-state index in [4.69, 9.17) is 0 Å². The topological polar surface area (TPSA) is 12.0 Å². The molecular weight excluding hydrogens is 202 g/mol. The van der Waals surface area contributed by atoms with E-state index in [9.17, 15) is 0 Å². The lowest BCUT2D eigenvalue weighted by molar-refractivity contribution is 0.132. The van der Waals surface area contributed by atoms with Gasteiger partial charge in [0.1, 0.15) is 0 Å². The molecule has 2 heteroatoms. The van der Waals surface area contributed by atoms with Gasteiger partial charge < -0.3 is 5.32 Å². The molecule has 0 spiro atoms. The van der Waals surface area contributed by atoms with Gasteiger partial charge in [0.25, 0.3) is 0 Å². The van der Waals surface area contributed by atoms with E-state index in [0.29, 0.717) is 10.8 Å². The Hall–Kier alpha value is 0.440. The standard InChI is InChI=1S/C9H20BrN/c1-8(2,3)9(4,5)6-11-7-10/h11H,6-7H2,1-5H3. The van der Waals surface area contributed by atoms with E-state index in [1.54, 1.807) is 0 Å². The third kappa shape index (κ3) is 3.57. The average Bonchev–Trinajstić information content (AvgIpc) is 1.81. The van der Waals surface area contributed by atoms with Crippen LogP contribution in [0.1, 0.15) is 34.6 Å². The van der Waals surface area contributed by atoms with Gasteiger partial charge in [0.05, 0.1) is 5.45 Å². The molecule has 0 rings (SSSR count). The summed E-state index contributed by atoms with van der Waals surface area (Å²) in [6.07, 6.45) is 0. The fourth-order valence-corrected chi connectivity index (χ4v) is 0.823. The van der Waals surface area contributed by atoms with Gasteiger partial charge in [0.15, 0.2) is 0 Å². The van der Waals surface area contributed by atoms with Gasteiger partial charge in [0.2, 0.25) is 0 Å². The first kappa shape index (κ1) is 11.4. The summed E-state index contributed by atoms with van der Waals surface area (Å²) in [6, 6.07) is 0. The minimum Gasteiger partial charge on any atom is -0.307 e. The van der Waals surface area contributed by atoms with Crippen molar-refractivity contribution in [3.8, 4) is 0 Å². The first-order valence-corrected chi connectivity index (χ1v) is 5.20. The van der Waals surface area contributed by atoms with Crippen LogP contribution in [0.25, 0.3) is 0 Å². The second-order valence-corrected chi connectivity index (χ2v) is 5.26. The Balaban J connectivity index is 4.00. The van der Waals surface area contributed by atoms with Crippen molar-refractivity contribution >= 4 is 15.9 Å². The van der Waals surface area contributed by atoms with Gasteiger partial charge in [-0.15, -0.1) is 0 Å². The summed E-state index contributed by atoms with van der Waals surface area (Å²) in [6.45, 7) is 12.5. The summed E-state index contributed by atoms with van der Waals surface area (Å²) in [4.78, 5) is 0. The Bertz CT molecular complexity index is 113. The van der Waals surface area contributed by atoms with Gasteiger partial charge in [0, 0.05) is 6.54 Å². The Morgan fingerprint density at radius 2 is 1.55 bits per heavy atom. The maximum absolute atomic E-state index is 3.36. The summed E-state index contributed by atoms with van der Waals surface area (Å²) in [7, 11) is 0. The predicted molar refractivity (Wildman–Crippen MR) is 55.0 cm³/mol. The van der Waals surface area contributed by atoms with Crippen LogP contribution < -0.4 is 5.32 Å². The van der Waals surface area contributed by atoms with Crippen LogP contribution in [0.2, 0.25) is 0 Å². The Morgan fingerprint density at radius 3 is 1.82 bits per heavy atom. The summed E-state index contributed by atoms with van der Waals surface area (Å²) in [5.41, 5.74) is 1.59. The first-order valence-electron chi connectivity index (χ1n) is 4.08. The van der Waals surface area contributed by atoms with Gasteiger partial charge in [-0.25, -0.2) is 0 Å². The molecule has 0 heterocycles. The van der Waals surface area contributed by atoms with Crippen molar-refractivity contribution in [3.05, 3.63) is 0 Å². The smallest absolute Gasteiger partial charge is 0.0517 e. The van der Waals surface area contributed by atoms with Crippen LogP contribution in [0, 0.1) is 10.8 Å². The van der Waals surface area contributed by atoms with Gasteiger partial charge in [-0.3, -0.25) is 0 Å². The largest absolute Gasteiger partial charge is 0.307 e. The molecule has 0 aromatic carbocycles.